The van der Waals surface area contributed by atoms with Crippen LogP contribution in [0.2, 0.25) is 0 Å². The number of nitro benzene ring substituents is 1. The summed E-state index contributed by atoms with van der Waals surface area (Å²) < 4.78 is 1.92. The van der Waals surface area contributed by atoms with Gasteiger partial charge in [0.05, 0.1) is 11.5 Å². The van der Waals surface area contributed by atoms with Crippen molar-refractivity contribution in [2.45, 2.75) is 6.54 Å². The maximum atomic E-state index is 12.6. The molecule has 0 spiro atoms. The summed E-state index contributed by atoms with van der Waals surface area (Å²) in [4.78, 5) is 36.2. The summed E-state index contributed by atoms with van der Waals surface area (Å²) in [5, 5.41) is 13.3. The van der Waals surface area contributed by atoms with Crippen LogP contribution in [0.1, 0.15) is 11.1 Å². The lowest BCUT2D eigenvalue weighted by Gasteiger charge is -2.11. The minimum absolute atomic E-state index is 0.0328. The maximum Gasteiger partial charge on any atom is 0.329 e. The average Bonchev–Trinajstić information content (AvgIpc) is 3.30. The van der Waals surface area contributed by atoms with Gasteiger partial charge in [0.25, 0.3) is 11.6 Å². The second-order valence-electron chi connectivity index (χ2n) is 6.49. The second kappa shape index (κ2) is 7.43. The van der Waals surface area contributed by atoms with E-state index in [1.165, 1.54) is 24.3 Å². The number of nitrogens with one attached hydrogen (secondary N) is 1. The Balaban J connectivity index is 1.50. The first-order valence-corrected chi connectivity index (χ1v) is 8.82. The average molecular weight is 388 g/mol. The van der Waals surface area contributed by atoms with Gasteiger partial charge in [-0.05, 0) is 35.4 Å². The summed E-state index contributed by atoms with van der Waals surface area (Å²) in [6.07, 6.45) is 5.36. The number of hydrogen-bond donors (Lipinski definition) is 1. The number of rotatable bonds is 5. The highest BCUT2D eigenvalue weighted by molar-refractivity contribution is 6.13. The van der Waals surface area contributed by atoms with Crippen molar-refractivity contribution in [3.63, 3.8) is 0 Å². The van der Waals surface area contributed by atoms with Crippen LogP contribution in [0.3, 0.4) is 0 Å². The van der Waals surface area contributed by atoms with Crippen LogP contribution in [0.25, 0.3) is 11.8 Å². The Morgan fingerprint density at radius 1 is 1.00 bits per heavy atom. The number of benzene rings is 2. The van der Waals surface area contributed by atoms with Gasteiger partial charge in [0.1, 0.15) is 5.70 Å². The van der Waals surface area contributed by atoms with Crippen molar-refractivity contribution in [1.82, 2.24) is 14.8 Å². The van der Waals surface area contributed by atoms with E-state index in [0.29, 0.717) is 5.56 Å². The van der Waals surface area contributed by atoms with Crippen molar-refractivity contribution in [1.29, 1.82) is 0 Å². The van der Waals surface area contributed by atoms with E-state index in [4.69, 9.17) is 0 Å². The second-order valence-corrected chi connectivity index (χ2v) is 6.49. The van der Waals surface area contributed by atoms with Gasteiger partial charge in [-0.15, -0.1) is 0 Å². The van der Waals surface area contributed by atoms with Crippen LogP contribution < -0.4 is 5.32 Å². The Morgan fingerprint density at radius 2 is 1.72 bits per heavy atom. The zero-order chi connectivity index (χ0) is 20.4. The van der Waals surface area contributed by atoms with Crippen LogP contribution in [0.15, 0.2) is 78.8 Å². The fourth-order valence-corrected chi connectivity index (χ4v) is 3.05. The molecule has 1 saturated heterocycles. The lowest BCUT2D eigenvalue weighted by Crippen LogP contribution is -2.30. The fourth-order valence-electron chi connectivity index (χ4n) is 3.05. The molecule has 0 atom stereocenters. The lowest BCUT2D eigenvalue weighted by molar-refractivity contribution is -0.384. The van der Waals surface area contributed by atoms with Gasteiger partial charge in [-0.2, -0.15) is 0 Å². The molecule has 3 aromatic rings. The molecule has 0 unspecified atom stereocenters. The minimum atomic E-state index is -0.526. The number of para-hydroxylation sites is 1. The van der Waals surface area contributed by atoms with E-state index in [9.17, 15) is 19.7 Å². The summed E-state index contributed by atoms with van der Waals surface area (Å²) in [5.41, 5.74) is 2.51. The van der Waals surface area contributed by atoms with Crippen LogP contribution in [-0.2, 0) is 11.3 Å². The number of non-ortho nitro benzene ring substituents is 1. The fraction of sp³-hybridized carbons (Fsp3) is 0.0476. The van der Waals surface area contributed by atoms with Crippen molar-refractivity contribution in [3.05, 3.63) is 100.0 Å². The van der Waals surface area contributed by atoms with Crippen molar-refractivity contribution in [2.24, 2.45) is 0 Å². The summed E-state index contributed by atoms with van der Waals surface area (Å²) in [7, 11) is 0. The standard InChI is InChI=1S/C21H16N4O4/c26-20-19(12-16-10-11-23(13-16)17-4-2-1-3-5-17)22-21(27)24(20)14-15-6-8-18(9-7-15)25(28)29/h1-13H,14H2,(H,22,27)/b19-12+. The third kappa shape index (κ3) is 3.77. The highest BCUT2D eigenvalue weighted by Crippen LogP contribution is 2.19. The highest BCUT2D eigenvalue weighted by Gasteiger charge is 2.33. The van der Waals surface area contributed by atoms with E-state index in [-0.39, 0.29) is 17.9 Å². The highest BCUT2D eigenvalue weighted by atomic mass is 16.6. The van der Waals surface area contributed by atoms with Crippen molar-refractivity contribution in [3.8, 4) is 5.69 Å². The van der Waals surface area contributed by atoms with Gasteiger partial charge in [-0.25, -0.2) is 4.79 Å². The molecule has 2 heterocycles. The van der Waals surface area contributed by atoms with Gasteiger partial charge < -0.3 is 9.88 Å². The molecule has 1 aliphatic heterocycles. The van der Waals surface area contributed by atoms with Crippen LogP contribution in [0, 0.1) is 10.1 Å². The van der Waals surface area contributed by atoms with Gasteiger partial charge >= 0.3 is 6.03 Å². The maximum absolute atomic E-state index is 12.6. The molecule has 4 rings (SSSR count). The molecule has 8 heteroatoms. The molecular weight excluding hydrogens is 372 g/mol. The minimum Gasteiger partial charge on any atom is -0.323 e. The Morgan fingerprint density at radius 3 is 2.41 bits per heavy atom. The predicted octanol–water partition coefficient (Wildman–Crippen LogP) is 3.48. The number of amides is 3. The summed E-state index contributed by atoms with van der Waals surface area (Å²) in [5.74, 6) is -0.444. The third-order valence-corrected chi connectivity index (χ3v) is 4.53. The molecule has 2 aromatic carbocycles. The first-order chi connectivity index (χ1) is 14.0. The third-order valence-electron chi connectivity index (χ3n) is 4.53. The molecule has 144 valence electrons. The molecule has 1 aromatic heterocycles. The Bertz CT molecular complexity index is 1120. The smallest absolute Gasteiger partial charge is 0.323 e. The Hall–Kier alpha value is -4.20. The molecule has 1 aliphatic rings. The Labute approximate surface area is 165 Å². The van der Waals surface area contributed by atoms with Crippen LogP contribution in [0.4, 0.5) is 10.5 Å². The van der Waals surface area contributed by atoms with E-state index < -0.39 is 16.9 Å². The predicted molar refractivity (Wildman–Crippen MR) is 106 cm³/mol. The molecule has 0 bridgehead atoms. The van der Waals surface area contributed by atoms with Gasteiger partial charge in [0, 0.05) is 30.2 Å². The van der Waals surface area contributed by atoms with E-state index in [2.05, 4.69) is 5.32 Å². The van der Waals surface area contributed by atoms with E-state index in [1.54, 1.807) is 6.08 Å². The number of imide groups is 1. The molecule has 0 saturated carbocycles. The molecule has 1 fully saturated rings. The lowest BCUT2D eigenvalue weighted by atomic mass is 10.2. The number of carbonyl (C=O) groups is 2. The van der Waals surface area contributed by atoms with Crippen LogP contribution >= 0.6 is 0 Å². The number of carbonyl (C=O) groups excluding carboxylic acids is 2. The molecule has 0 radical (unpaired) electrons. The van der Waals surface area contributed by atoms with Gasteiger partial charge in [-0.3, -0.25) is 19.8 Å². The Kier molecular flexibility index (Phi) is 4.66. The van der Waals surface area contributed by atoms with E-state index in [0.717, 1.165) is 16.2 Å². The van der Waals surface area contributed by atoms with Crippen molar-refractivity contribution < 1.29 is 14.5 Å². The van der Waals surface area contributed by atoms with Crippen molar-refractivity contribution >= 4 is 23.7 Å². The van der Waals surface area contributed by atoms with Crippen LogP contribution in [0.5, 0.6) is 0 Å². The molecule has 3 amide bonds. The first kappa shape index (κ1) is 18.2. The quantitative estimate of drug-likeness (QED) is 0.313. The van der Waals surface area contributed by atoms with E-state index in [1.807, 2.05) is 53.4 Å². The number of hydrogen-bond acceptors (Lipinski definition) is 4. The summed E-state index contributed by atoms with van der Waals surface area (Å²) in [6.45, 7) is 0.0328. The number of nitrogens with zero attached hydrogens (tertiary/aromatic N) is 3. The summed E-state index contributed by atoms with van der Waals surface area (Å²) in [6, 6.07) is 16.8. The monoisotopic (exact) mass is 388 g/mol. The summed E-state index contributed by atoms with van der Waals surface area (Å²) >= 11 is 0. The number of aromatic nitrogens is 1. The molecule has 1 N–H and O–H groups in total. The topological polar surface area (TPSA) is 97.5 Å². The first-order valence-electron chi connectivity index (χ1n) is 8.82. The SMILES string of the molecule is O=C1N/C(=C/c2ccn(-c3ccccc3)c2)C(=O)N1Cc1ccc([N+](=O)[O-])cc1. The largest absolute Gasteiger partial charge is 0.329 e. The van der Waals surface area contributed by atoms with E-state index >= 15 is 0 Å². The molecule has 0 aliphatic carbocycles. The molecule has 8 nitrogen and oxygen atoms in total. The number of nitro groups is 1. The van der Waals surface area contributed by atoms with Crippen molar-refractivity contribution in [2.75, 3.05) is 0 Å². The van der Waals surface area contributed by atoms with Gasteiger partial charge in [0.15, 0.2) is 0 Å². The number of urea groups is 1. The zero-order valence-electron chi connectivity index (χ0n) is 15.2. The van der Waals surface area contributed by atoms with Crippen LogP contribution in [-0.4, -0.2) is 26.3 Å². The van der Waals surface area contributed by atoms with Gasteiger partial charge in [0.2, 0.25) is 0 Å². The normalized spacial score (nSPS) is 15.0. The van der Waals surface area contributed by atoms with Gasteiger partial charge in [-0.1, -0.05) is 30.3 Å². The zero-order valence-corrected chi connectivity index (χ0v) is 15.2. The molecular formula is C21H16N4O4. The molecule has 29 heavy (non-hydrogen) atoms.